The van der Waals surface area contributed by atoms with E-state index in [2.05, 4.69) is 14.7 Å². The molecule has 2 aliphatic rings. The number of hydrogen-bond donors (Lipinski definition) is 1. The van der Waals surface area contributed by atoms with Gasteiger partial charge < -0.3 is 4.57 Å². The third kappa shape index (κ3) is 3.00. The molecule has 1 amide bonds. The molecule has 6 nitrogen and oxygen atoms in total. The van der Waals surface area contributed by atoms with Crippen molar-refractivity contribution in [2.45, 2.75) is 27.7 Å². The average Bonchev–Trinajstić information content (AvgIpc) is 3.13. The number of hydrogen-bond acceptors (Lipinski definition) is 4. The number of carbonyl (C=O) groups excluding carboxylic acids is 1. The minimum atomic E-state index is -0.419. The molecule has 1 N–H and O–H groups in total. The second-order valence-electron chi connectivity index (χ2n) is 6.73. The second kappa shape index (κ2) is 6.76. The van der Waals surface area contributed by atoms with Crippen molar-refractivity contribution in [2.24, 2.45) is 10.1 Å². The number of benzene rings is 1. The lowest BCUT2D eigenvalue weighted by atomic mass is 10.1. The summed E-state index contributed by atoms with van der Waals surface area (Å²) < 4.78 is 2.10. The van der Waals surface area contributed by atoms with Crippen LogP contribution in [0.2, 0.25) is 5.02 Å². The second-order valence-corrected chi connectivity index (χ2v) is 8.33. The van der Waals surface area contributed by atoms with Crippen LogP contribution in [0.3, 0.4) is 0 Å². The molecule has 0 saturated carbocycles. The molecule has 2 aliphatic heterocycles. The molecule has 8 heteroatoms. The highest BCUT2D eigenvalue weighted by molar-refractivity contribution is 8.26. The highest BCUT2D eigenvalue weighted by atomic mass is 35.5. The lowest BCUT2D eigenvalue weighted by Crippen LogP contribution is -2.35. The van der Waals surface area contributed by atoms with Gasteiger partial charge in [-0.15, -0.1) is 0 Å². The standard InChI is InChI=1S/C20H18ClN5OS/c1-10-5-6-15(21)9-17(10)25-11(2)7-14(12(25)3)8-16-18(22)26-20(23-19(16)27)28-13(4)24-26/h5-9,22H,1-4H3/b16-8-,22-18?. The summed E-state index contributed by atoms with van der Waals surface area (Å²) in [5.41, 5.74) is 5.15. The number of nitrogens with one attached hydrogen (secondary N) is 1. The van der Waals surface area contributed by atoms with Crippen LogP contribution in [0.25, 0.3) is 11.8 Å². The third-order valence-electron chi connectivity index (χ3n) is 4.74. The Hall–Kier alpha value is -2.64. The summed E-state index contributed by atoms with van der Waals surface area (Å²) in [5, 5.41) is 16.0. The van der Waals surface area contributed by atoms with Crippen LogP contribution >= 0.6 is 23.4 Å². The van der Waals surface area contributed by atoms with Crippen molar-refractivity contribution in [3.05, 3.63) is 57.4 Å². The molecular weight excluding hydrogens is 394 g/mol. The van der Waals surface area contributed by atoms with E-state index >= 15 is 0 Å². The van der Waals surface area contributed by atoms with Crippen molar-refractivity contribution in [1.29, 1.82) is 5.41 Å². The Balaban J connectivity index is 1.81. The number of thioether (sulfide) groups is 1. The van der Waals surface area contributed by atoms with Crippen molar-refractivity contribution < 1.29 is 4.79 Å². The van der Waals surface area contributed by atoms with E-state index in [1.165, 1.54) is 16.8 Å². The Morgan fingerprint density at radius 2 is 1.93 bits per heavy atom. The SMILES string of the molecule is CC1=NN2C(=N)/C(=C/c3cc(C)n(-c4cc(Cl)ccc4C)c3C)C(=O)N=C2S1. The molecule has 1 aromatic carbocycles. The predicted molar refractivity (Wildman–Crippen MR) is 116 cm³/mol. The van der Waals surface area contributed by atoms with Gasteiger partial charge in [-0.25, -0.2) is 0 Å². The molecule has 28 heavy (non-hydrogen) atoms. The number of fused-ring (bicyclic) bond motifs is 1. The zero-order valence-electron chi connectivity index (χ0n) is 15.9. The van der Waals surface area contributed by atoms with Crippen LogP contribution in [0, 0.1) is 26.2 Å². The Morgan fingerprint density at radius 3 is 2.68 bits per heavy atom. The highest BCUT2D eigenvalue weighted by Gasteiger charge is 2.34. The Bertz CT molecular complexity index is 1140. The number of nitrogens with zero attached hydrogens (tertiary/aromatic N) is 4. The molecule has 2 aromatic rings. The van der Waals surface area contributed by atoms with E-state index in [1.54, 1.807) is 6.08 Å². The first-order valence-electron chi connectivity index (χ1n) is 8.68. The number of hydrazone groups is 1. The van der Waals surface area contributed by atoms with E-state index in [1.807, 2.05) is 52.0 Å². The summed E-state index contributed by atoms with van der Waals surface area (Å²) in [6.07, 6.45) is 1.72. The maximum absolute atomic E-state index is 12.5. The van der Waals surface area contributed by atoms with Crippen LogP contribution in [0.5, 0.6) is 0 Å². The molecule has 0 unspecified atom stereocenters. The van der Waals surface area contributed by atoms with Gasteiger partial charge in [0.1, 0.15) is 0 Å². The molecule has 0 saturated heterocycles. The van der Waals surface area contributed by atoms with Crippen LogP contribution in [-0.4, -0.2) is 31.5 Å². The predicted octanol–water partition coefficient (Wildman–Crippen LogP) is 4.70. The summed E-state index contributed by atoms with van der Waals surface area (Å²) in [4.78, 5) is 16.6. The van der Waals surface area contributed by atoms with Crippen LogP contribution in [-0.2, 0) is 4.79 Å². The average molecular weight is 412 g/mol. The van der Waals surface area contributed by atoms with Crippen molar-refractivity contribution in [1.82, 2.24) is 9.58 Å². The Labute approximate surface area is 172 Å². The fourth-order valence-electron chi connectivity index (χ4n) is 3.37. The summed E-state index contributed by atoms with van der Waals surface area (Å²) in [7, 11) is 0. The van der Waals surface area contributed by atoms with E-state index in [9.17, 15) is 4.79 Å². The lowest BCUT2D eigenvalue weighted by Gasteiger charge is -2.20. The molecule has 0 spiro atoms. The van der Waals surface area contributed by atoms with Crippen LogP contribution in [0.1, 0.15) is 29.4 Å². The quantitative estimate of drug-likeness (QED) is 0.728. The molecule has 3 heterocycles. The van der Waals surface area contributed by atoms with E-state index in [0.717, 1.165) is 33.2 Å². The molecule has 142 valence electrons. The minimum Gasteiger partial charge on any atom is -0.318 e. The van der Waals surface area contributed by atoms with Gasteiger partial charge in [0.2, 0.25) is 5.17 Å². The van der Waals surface area contributed by atoms with Gasteiger partial charge >= 0.3 is 0 Å². The number of rotatable bonds is 2. The molecule has 0 radical (unpaired) electrons. The zero-order chi connectivity index (χ0) is 20.2. The van der Waals surface area contributed by atoms with Gasteiger partial charge in [-0.2, -0.15) is 15.1 Å². The molecule has 4 rings (SSSR count). The maximum Gasteiger partial charge on any atom is 0.283 e. The van der Waals surface area contributed by atoms with Crippen molar-refractivity contribution in [3.63, 3.8) is 0 Å². The molecule has 1 aromatic heterocycles. The zero-order valence-corrected chi connectivity index (χ0v) is 17.4. The number of aromatic nitrogens is 1. The van der Waals surface area contributed by atoms with Gasteiger partial charge in [0.05, 0.1) is 10.6 Å². The largest absolute Gasteiger partial charge is 0.318 e. The topological polar surface area (TPSA) is 73.8 Å². The molecule has 0 atom stereocenters. The van der Waals surface area contributed by atoms with Gasteiger partial charge in [0.15, 0.2) is 5.84 Å². The summed E-state index contributed by atoms with van der Waals surface area (Å²) >= 11 is 7.50. The first-order valence-corrected chi connectivity index (χ1v) is 9.88. The van der Waals surface area contributed by atoms with Gasteiger partial charge in [-0.3, -0.25) is 10.2 Å². The summed E-state index contributed by atoms with van der Waals surface area (Å²) in [6.45, 7) is 7.85. The van der Waals surface area contributed by atoms with Crippen LogP contribution in [0.4, 0.5) is 0 Å². The molecular formula is C20H18ClN5OS. The minimum absolute atomic E-state index is 0.0445. The Kier molecular flexibility index (Phi) is 4.51. The number of halogens is 1. The monoisotopic (exact) mass is 411 g/mol. The summed E-state index contributed by atoms with van der Waals surface area (Å²) in [5.74, 6) is -0.375. The van der Waals surface area contributed by atoms with Crippen LogP contribution in [0.15, 0.2) is 39.9 Å². The lowest BCUT2D eigenvalue weighted by molar-refractivity contribution is -0.114. The molecule has 0 aliphatic carbocycles. The van der Waals surface area contributed by atoms with Crippen LogP contribution < -0.4 is 0 Å². The number of amides is 1. The van der Waals surface area contributed by atoms with Gasteiger partial charge in [0, 0.05) is 22.1 Å². The van der Waals surface area contributed by atoms with Crippen molar-refractivity contribution in [3.8, 4) is 5.69 Å². The normalized spacial score (nSPS) is 17.9. The van der Waals surface area contributed by atoms with Crippen molar-refractivity contribution in [2.75, 3.05) is 0 Å². The maximum atomic E-state index is 12.5. The number of amidine groups is 2. The fraction of sp³-hybridized carbons (Fsp3) is 0.200. The highest BCUT2D eigenvalue weighted by Crippen LogP contribution is 2.30. The van der Waals surface area contributed by atoms with E-state index in [-0.39, 0.29) is 11.4 Å². The fourth-order valence-corrected chi connectivity index (χ4v) is 4.27. The first kappa shape index (κ1) is 18.7. The Morgan fingerprint density at radius 1 is 1.18 bits per heavy atom. The number of aliphatic imine (C=N–C) groups is 1. The van der Waals surface area contributed by atoms with Crippen molar-refractivity contribution >= 4 is 51.4 Å². The number of aryl methyl sites for hydroxylation is 2. The molecule has 0 fully saturated rings. The van der Waals surface area contributed by atoms with E-state index in [4.69, 9.17) is 17.0 Å². The smallest absolute Gasteiger partial charge is 0.283 e. The van der Waals surface area contributed by atoms with Gasteiger partial charge in [-0.1, -0.05) is 17.7 Å². The van der Waals surface area contributed by atoms with Gasteiger partial charge in [0.25, 0.3) is 5.91 Å². The van der Waals surface area contributed by atoms with Gasteiger partial charge in [-0.05, 0) is 74.9 Å². The molecule has 0 bridgehead atoms. The third-order valence-corrected chi connectivity index (χ3v) is 5.80. The summed E-state index contributed by atoms with van der Waals surface area (Å²) in [6, 6.07) is 7.77. The number of carbonyl (C=O) groups is 1. The van der Waals surface area contributed by atoms with E-state index < -0.39 is 5.91 Å². The first-order chi connectivity index (χ1) is 13.3. The van der Waals surface area contributed by atoms with E-state index in [0.29, 0.717) is 10.2 Å².